The Morgan fingerprint density at radius 2 is 1.84 bits per heavy atom. The van der Waals surface area contributed by atoms with Crippen molar-refractivity contribution in [3.8, 4) is 0 Å². The minimum atomic E-state index is -4.70. The number of urea groups is 1. The van der Waals surface area contributed by atoms with Gasteiger partial charge in [-0.05, 0) is 6.07 Å². The fraction of sp³-hybridized carbons (Fsp3) is 0.273. The van der Waals surface area contributed by atoms with E-state index in [9.17, 15) is 27.2 Å². The standard InChI is InChI=1S/C11H8F4N2O2/c12-7-4-2-1-3-6(7)8-9(18)17(10(19)16-8)5-11(13,14)15/h1-4,8H,5H2,(H,16,19)/t8-/m1/s1. The van der Waals surface area contributed by atoms with Crippen molar-refractivity contribution in [2.45, 2.75) is 12.2 Å². The number of imide groups is 1. The molecule has 0 aromatic heterocycles. The van der Waals surface area contributed by atoms with Crippen LogP contribution in [-0.2, 0) is 4.79 Å². The van der Waals surface area contributed by atoms with Gasteiger partial charge in [0, 0.05) is 5.56 Å². The second kappa shape index (κ2) is 4.52. The van der Waals surface area contributed by atoms with Crippen molar-refractivity contribution >= 4 is 11.9 Å². The molecule has 1 saturated heterocycles. The van der Waals surface area contributed by atoms with Crippen LogP contribution in [0.1, 0.15) is 11.6 Å². The zero-order valence-corrected chi connectivity index (χ0v) is 9.37. The van der Waals surface area contributed by atoms with Crippen LogP contribution >= 0.6 is 0 Å². The molecule has 1 aliphatic rings. The largest absolute Gasteiger partial charge is 0.406 e. The molecule has 102 valence electrons. The SMILES string of the molecule is O=C1N[C@H](c2ccccc2F)C(=O)N1CC(F)(F)F. The van der Waals surface area contributed by atoms with Gasteiger partial charge in [-0.1, -0.05) is 18.2 Å². The first kappa shape index (κ1) is 13.3. The van der Waals surface area contributed by atoms with E-state index in [-0.39, 0.29) is 10.5 Å². The first-order chi connectivity index (χ1) is 8.79. The number of nitrogens with one attached hydrogen (secondary N) is 1. The zero-order chi connectivity index (χ0) is 14.2. The average molecular weight is 276 g/mol. The Balaban J connectivity index is 2.26. The highest BCUT2D eigenvalue weighted by molar-refractivity contribution is 6.04. The van der Waals surface area contributed by atoms with E-state index >= 15 is 0 Å². The molecule has 1 fully saturated rings. The number of amides is 3. The number of nitrogens with zero attached hydrogens (tertiary/aromatic N) is 1. The molecule has 0 radical (unpaired) electrons. The van der Waals surface area contributed by atoms with Gasteiger partial charge in [-0.25, -0.2) is 9.18 Å². The molecule has 1 aromatic rings. The maximum absolute atomic E-state index is 13.5. The molecule has 1 aromatic carbocycles. The molecule has 0 saturated carbocycles. The molecule has 0 unspecified atom stereocenters. The van der Waals surface area contributed by atoms with Crippen molar-refractivity contribution in [2.24, 2.45) is 0 Å². The summed E-state index contributed by atoms with van der Waals surface area (Å²) in [4.78, 5) is 23.1. The predicted molar refractivity (Wildman–Crippen MR) is 55.4 cm³/mol. The summed E-state index contributed by atoms with van der Waals surface area (Å²) in [6.07, 6.45) is -4.70. The summed E-state index contributed by atoms with van der Waals surface area (Å²) in [7, 11) is 0. The molecule has 0 bridgehead atoms. The van der Waals surface area contributed by atoms with Crippen molar-refractivity contribution in [1.29, 1.82) is 0 Å². The van der Waals surface area contributed by atoms with Gasteiger partial charge in [0.15, 0.2) is 0 Å². The van der Waals surface area contributed by atoms with E-state index in [1.807, 2.05) is 5.32 Å². The van der Waals surface area contributed by atoms with Crippen LogP contribution in [-0.4, -0.2) is 29.6 Å². The van der Waals surface area contributed by atoms with Gasteiger partial charge in [0.25, 0.3) is 5.91 Å². The highest BCUT2D eigenvalue weighted by Crippen LogP contribution is 2.26. The molecule has 1 aliphatic heterocycles. The highest BCUT2D eigenvalue weighted by Gasteiger charge is 2.45. The summed E-state index contributed by atoms with van der Waals surface area (Å²) < 4.78 is 50.1. The molecule has 1 N–H and O–H groups in total. The van der Waals surface area contributed by atoms with Crippen molar-refractivity contribution in [2.75, 3.05) is 6.54 Å². The number of carbonyl (C=O) groups excluding carboxylic acids is 2. The number of hydrogen-bond donors (Lipinski definition) is 1. The third-order valence-corrected chi connectivity index (χ3v) is 2.58. The van der Waals surface area contributed by atoms with Crippen molar-refractivity contribution in [3.05, 3.63) is 35.6 Å². The van der Waals surface area contributed by atoms with Gasteiger partial charge in [-0.2, -0.15) is 13.2 Å². The van der Waals surface area contributed by atoms with Gasteiger partial charge < -0.3 is 5.32 Å². The third-order valence-electron chi connectivity index (χ3n) is 2.58. The van der Waals surface area contributed by atoms with Gasteiger partial charge in [-0.15, -0.1) is 0 Å². The van der Waals surface area contributed by atoms with E-state index in [0.29, 0.717) is 0 Å². The Labute approximate surface area is 105 Å². The Morgan fingerprint density at radius 1 is 1.21 bits per heavy atom. The third kappa shape index (κ3) is 2.67. The van der Waals surface area contributed by atoms with Crippen molar-refractivity contribution in [1.82, 2.24) is 10.2 Å². The second-order valence-corrected chi connectivity index (χ2v) is 3.94. The lowest BCUT2D eigenvalue weighted by Gasteiger charge is -2.15. The average Bonchev–Trinajstić information content (AvgIpc) is 2.56. The monoisotopic (exact) mass is 276 g/mol. The number of carbonyl (C=O) groups is 2. The summed E-state index contributed by atoms with van der Waals surface area (Å²) in [6.45, 7) is -1.69. The van der Waals surface area contributed by atoms with Crippen LogP contribution in [0.3, 0.4) is 0 Å². The molecule has 2 rings (SSSR count). The molecule has 0 aliphatic carbocycles. The van der Waals surface area contributed by atoms with Crippen LogP contribution in [0.5, 0.6) is 0 Å². The van der Waals surface area contributed by atoms with Crippen molar-refractivity contribution in [3.63, 3.8) is 0 Å². The molecule has 1 atom stereocenters. The van der Waals surface area contributed by atoms with Crippen LogP contribution in [0, 0.1) is 5.82 Å². The maximum atomic E-state index is 13.5. The van der Waals surface area contributed by atoms with Crippen LogP contribution < -0.4 is 5.32 Å². The second-order valence-electron chi connectivity index (χ2n) is 3.94. The lowest BCUT2D eigenvalue weighted by atomic mass is 10.1. The number of benzene rings is 1. The number of halogens is 4. The fourth-order valence-electron chi connectivity index (χ4n) is 1.77. The Kier molecular flexibility index (Phi) is 3.17. The molecular weight excluding hydrogens is 268 g/mol. The van der Waals surface area contributed by atoms with Crippen LogP contribution in [0.4, 0.5) is 22.4 Å². The van der Waals surface area contributed by atoms with Gasteiger partial charge in [0.05, 0.1) is 0 Å². The molecule has 3 amide bonds. The molecule has 4 nitrogen and oxygen atoms in total. The molecular formula is C11H8F4N2O2. The van der Waals surface area contributed by atoms with E-state index in [2.05, 4.69) is 0 Å². The highest BCUT2D eigenvalue weighted by atomic mass is 19.4. The number of alkyl halides is 3. The molecule has 19 heavy (non-hydrogen) atoms. The Morgan fingerprint density at radius 3 is 2.42 bits per heavy atom. The topological polar surface area (TPSA) is 49.4 Å². The van der Waals surface area contributed by atoms with Gasteiger partial charge in [0.2, 0.25) is 0 Å². The summed E-state index contributed by atoms with van der Waals surface area (Å²) >= 11 is 0. The van der Waals surface area contributed by atoms with Crippen LogP contribution in [0.15, 0.2) is 24.3 Å². The maximum Gasteiger partial charge on any atom is 0.406 e. The first-order valence-electron chi connectivity index (χ1n) is 5.22. The number of hydrogen-bond acceptors (Lipinski definition) is 2. The normalized spacial score (nSPS) is 19.8. The predicted octanol–water partition coefficient (Wildman–Crippen LogP) is 1.98. The smallest absolute Gasteiger partial charge is 0.322 e. The minimum Gasteiger partial charge on any atom is -0.322 e. The summed E-state index contributed by atoms with van der Waals surface area (Å²) in [5.41, 5.74) is -0.162. The van der Waals surface area contributed by atoms with Gasteiger partial charge in [-0.3, -0.25) is 9.69 Å². The summed E-state index contributed by atoms with van der Waals surface area (Å²) in [5.74, 6) is -1.89. The zero-order valence-electron chi connectivity index (χ0n) is 9.37. The van der Waals surface area contributed by atoms with Crippen molar-refractivity contribution < 1.29 is 27.2 Å². The van der Waals surface area contributed by atoms with Gasteiger partial charge >= 0.3 is 12.2 Å². The quantitative estimate of drug-likeness (QED) is 0.663. The van der Waals surface area contributed by atoms with E-state index < -0.39 is 36.5 Å². The van der Waals surface area contributed by atoms with E-state index in [4.69, 9.17) is 0 Å². The lowest BCUT2D eigenvalue weighted by molar-refractivity contribution is -0.153. The Bertz CT molecular complexity index is 530. The first-order valence-corrected chi connectivity index (χ1v) is 5.22. The van der Waals surface area contributed by atoms with Gasteiger partial charge in [0.1, 0.15) is 18.4 Å². The summed E-state index contributed by atoms with van der Waals surface area (Å²) in [6, 6.07) is 2.47. The molecule has 1 heterocycles. The number of rotatable bonds is 2. The molecule has 0 spiro atoms. The fourth-order valence-corrected chi connectivity index (χ4v) is 1.77. The lowest BCUT2D eigenvalue weighted by Crippen LogP contribution is -2.39. The van der Waals surface area contributed by atoms with E-state index in [0.717, 1.165) is 6.07 Å². The van der Waals surface area contributed by atoms with Crippen LogP contribution in [0.25, 0.3) is 0 Å². The van der Waals surface area contributed by atoms with Crippen LogP contribution in [0.2, 0.25) is 0 Å². The molecule has 8 heteroatoms. The summed E-state index contributed by atoms with van der Waals surface area (Å²) in [5, 5.41) is 2.03. The van der Waals surface area contributed by atoms with E-state index in [1.54, 1.807) is 0 Å². The minimum absolute atomic E-state index is 0.0249. The Hall–Kier alpha value is -2.12. The van der Waals surface area contributed by atoms with E-state index in [1.165, 1.54) is 18.2 Å².